The Bertz CT molecular complexity index is 211. The molecule has 0 aliphatic carbocycles. The van der Waals surface area contributed by atoms with E-state index in [0.717, 1.165) is 13.0 Å². The minimum atomic E-state index is -0.600. The van der Waals surface area contributed by atoms with Gasteiger partial charge in [0.2, 0.25) is 0 Å². The van der Waals surface area contributed by atoms with Crippen molar-refractivity contribution >= 4 is 5.78 Å². The molecule has 0 bridgehead atoms. The van der Waals surface area contributed by atoms with E-state index in [-0.39, 0.29) is 11.7 Å². The van der Waals surface area contributed by atoms with Crippen LogP contribution in [-0.4, -0.2) is 37.9 Å². The first-order valence-electron chi connectivity index (χ1n) is 4.74. The van der Waals surface area contributed by atoms with Crippen molar-refractivity contribution in [3.8, 4) is 0 Å². The lowest BCUT2D eigenvalue weighted by molar-refractivity contribution is -0.206. The van der Waals surface area contributed by atoms with Gasteiger partial charge in [-0.15, -0.1) is 0 Å². The molecule has 0 aromatic heterocycles. The summed E-state index contributed by atoms with van der Waals surface area (Å²) in [4.78, 5) is 11.4. The lowest BCUT2D eigenvalue weighted by Gasteiger charge is -2.38. The van der Waals surface area contributed by atoms with Gasteiger partial charge in [0.15, 0.2) is 5.79 Å². The highest BCUT2D eigenvalue weighted by Gasteiger charge is 2.47. The zero-order chi connectivity index (χ0) is 9.31. The molecule has 1 N–H and O–H groups in total. The molecule has 4 heteroatoms. The third-order valence-corrected chi connectivity index (χ3v) is 2.80. The molecule has 1 unspecified atom stereocenters. The number of hydrogen-bond donors (Lipinski definition) is 1. The fraction of sp³-hybridized carbons (Fsp3) is 0.889. The summed E-state index contributed by atoms with van der Waals surface area (Å²) >= 11 is 0. The second kappa shape index (κ2) is 3.36. The summed E-state index contributed by atoms with van der Waals surface area (Å²) in [5.74, 6) is -0.588. The molecule has 1 spiro atoms. The number of nitrogens with one attached hydrogen (secondary N) is 1. The van der Waals surface area contributed by atoms with Crippen LogP contribution in [0.2, 0.25) is 0 Å². The van der Waals surface area contributed by atoms with Crippen LogP contribution in [0.15, 0.2) is 0 Å². The van der Waals surface area contributed by atoms with E-state index in [9.17, 15) is 4.79 Å². The van der Waals surface area contributed by atoms with Crippen LogP contribution in [0.25, 0.3) is 0 Å². The van der Waals surface area contributed by atoms with Gasteiger partial charge in [0.1, 0.15) is 5.78 Å². The van der Waals surface area contributed by atoms with Gasteiger partial charge in [-0.05, 0) is 6.92 Å². The van der Waals surface area contributed by atoms with Crippen LogP contribution in [-0.2, 0) is 14.3 Å². The summed E-state index contributed by atoms with van der Waals surface area (Å²) in [5, 5.41) is 3.19. The molecular formula is C9H15NO3. The van der Waals surface area contributed by atoms with E-state index in [1.54, 1.807) is 6.92 Å². The Hall–Kier alpha value is -0.450. The molecule has 2 rings (SSSR count). The maximum atomic E-state index is 11.4. The number of piperidine rings is 1. The number of rotatable bonds is 1. The SMILES string of the molecule is CC(=O)C1CNCCC12OCCO2. The van der Waals surface area contributed by atoms with Crippen molar-refractivity contribution in [1.82, 2.24) is 5.32 Å². The zero-order valence-corrected chi connectivity index (χ0v) is 7.84. The largest absolute Gasteiger partial charge is 0.347 e. The first-order valence-corrected chi connectivity index (χ1v) is 4.74. The maximum absolute atomic E-state index is 11.4. The van der Waals surface area contributed by atoms with Gasteiger partial charge in [-0.2, -0.15) is 0 Å². The highest BCUT2D eigenvalue weighted by Crippen LogP contribution is 2.33. The Balaban J connectivity index is 2.16. The lowest BCUT2D eigenvalue weighted by Crippen LogP contribution is -2.53. The van der Waals surface area contributed by atoms with Crippen molar-refractivity contribution in [3.05, 3.63) is 0 Å². The third kappa shape index (κ3) is 1.49. The van der Waals surface area contributed by atoms with Gasteiger partial charge in [-0.3, -0.25) is 4.79 Å². The van der Waals surface area contributed by atoms with Gasteiger partial charge < -0.3 is 14.8 Å². The molecule has 13 heavy (non-hydrogen) atoms. The number of ether oxygens (including phenoxy) is 2. The quantitative estimate of drug-likeness (QED) is 0.621. The standard InChI is InChI=1S/C9H15NO3/c1-7(11)8-6-10-3-2-9(8)12-4-5-13-9/h8,10H,2-6H2,1H3. The van der Waals surface area contributed by atoms with Crippen LogP contribution in [0.4, 0.5) is 0 Å². The summed E-state index contributed by atoms with van der Waals surface area (Å²) in [6.45, 7) is 4.37. The van der Waals surface area contributed by atoms with Gasteiger partial charge >= 0.3 is 0 Å². The fourth-order valence-electron chi connectivity index (χ4n) is 2.11. The molecule has 2 saturated heterocycles. The van der Waals surface area contributed by atoms with E-state index < -0.39 is 5.79 Å². The van der Waals surface area contributed by atoms with E-state index in [4.69, 9.17) is 9.47 Å². The average Bonchev–Trinajstić information content (AvgIpc) is 2.54. The average molecular weight is 185 g/mol. The molecule has 0 aromatic rings. The molecule has 74 valence electrons. The summed E-state index contributed by atoms with van der Waals surface area (Å²) in [5.41, 5.74) is 0. The molecular weight excluding hydrogens is 170 g/mol. The first kappa shape index (κ1) is 9.12. The van der Waals surface area contributed by atoms with Crippen LogP contribution in [0.3, 0.4) is 0 Å². The van der Waals surface area contributed by atoms with Crippen LogP contribution < -0.4 is 5.32 Å². The van der Waals surface area contributed by atoms with Crippen LogP contribution in [0.1, 0.15) is 13.3 Å². The molecule has 2 aliphatic rings. The second-order valence-electron chi connectivity index (χ2n) is 3.63. The van der Waals surface area contributed by atoms with Crippen LogP contribution in [0.5, 0.6) is 0 Å². The van der Waals surface area contributed by atoms with Crippen molar-refractivity contribution in [1.29, 1.82) is 0 Å². The summed E-state index contributed by atoms with van der Waals surface area (Å²) < 4.78 is 11.1. The van der Waals surface area contributed by atoms with Crippen molar-refractivity contribution in [2.75, 3.05) is 26.3 Å². The number of ketones is 1. The van der Waals surface area contributed by atoms with E-state index in [2.05, 4.69) is 5.32 Å². The predicted octanol–water partition coefficient (Wildman–Crippen LogP) is -0.0720. The van der Waals surface area contributed by atoms with Crippen LogP contribution in [0, 0.1) is 5.92 Å². The monoisotopic (exact) mass is 185 g/mol. The van der Waals surface area contributed by atoms with Gasteiger partial charge in [0, 0.05) is 19.5 Å². The van der Waals surface area contributed by atoms with Gasteiger partial charge in [-0.1, -0.05) is 0 Å². The molecule has 2 fully saturated rings. The highest BCUT2D eigenvalue weighted by atomic mass is 16.7. The number of hydrogen-bond acceptors (Lipinski definition) is 4. The van der Waals surface area contributed by atoms with E-state index in [1.165, 1.54) is 0 Å². The smallest absolute Gasteiger partial charge is 0.180 e. The molecule has 4 nitrogen and oxygen atoms in total. The van der Waals surface area contributed by atoms with Gasteiger partial charge in [0.25, 0.3) is 0 Å². The summed E-state index contributed by atoms with van der Waals surface area (Å²) in [6, 6.07) is 0. The van der Waals surface area contributed by atoms with E-state index in [0.29, 0.717) is 19.8 Å². The number of carbonyl (C=O) groups excluding carboxylic acids is 1. The second-order valence-corrected chi connectivity index (χ2v) is 3.63. The van der Waals surface area contributed by atoms with E-state index >= 15 is 0 Å². The molecule has 0 radical (unpaired) electrons. The molecule has 2 aliphatic heterocycles. The topological polar surface area (TPSA) is 47.6 Å². The maximum Gasteiger partial charge on any atom is 0.180 e. The lowest BCUT2D eigenvalue weighted by atomic mass is 9.89. The summed E-state index contributed by atoms with van der Waals surface area (Å²) in [6.07, 6.45) is 0.775. The molecule has 0 saturated carbocycles. The molecule has 0 amide bonds. The number of Topliss-reactive ketones (excluding diaryl/α,β-unsaturated/α-hetero) is 1. The first-order chi connectivity index (χ1) is 6.25. The Morgan fingerprint density at radius 2 is 2.15 bits per heavy atom. The minimum absolute atomic E-state index is 0.135. The van der Waals surface area contributed by atoms with Crippen molar-refractivity contribution < 1.29 is 14.3 Å². The predicted molar refractivity (Wildman–Crippen MR) is 46.3 cm³/mol. The Morgan fingerprint density at radius 3 is 2.77 bits per heavy atom. The Morgan fingerprint density at radius 1 is 1.46 bits per heavy atom. The third-order valence-electron chi connectivity index (χ3n) is 2.80. The molecule has 1 atom stereocenters. The van der Waals surface area contributed by atoms with Crippen molar-refractivity contribution in [3.63, 3.8) is 0 Å². The normalized spacial score (nSPS) is 32.2. The molecule has 0 aromatic carbocycles. The van der Waals surface area contributed by atoms with Crippen LogP contribution >= 0.6 is 0 Å². The fourth-order valence-corrected chi connectivity index (χ4v) is 2.11. The molecule has 2 heterocycles. The highest BCUT2D eigenvalue weighted by molar-refractivity contribution is 5.79. The van der Waals surface area contributed by atoms with Gasteiger partial charge in [-0.25, -0.2) is 0 Å². The zero-order valence-electron chi connectivity index (χ0n) is 7.84. The Labute approximate surface area is 77.6 Å². The van der Waals surface area contributed by atoms with Gasteiger partial charge in [0.05, 0.1) is 19.1 Å². The van der Waals surface area contributed by atoms with E-state index in [1.807, 2.05) is 0 Å². The number of carbonyl (C=O) groups is 1. The summed E-state index contributed by atoms with van der Waals surface area (Å²) in [7, 11) is 0. The Kier molecular flexibility index (Phi) is 2.36. The van der Waals surface area contributed by atoms with Crippen molar-refractivity contribution in [2.24, 2.45) is 5.92 Å². The van der Waals surface area contributed by atoms with Crippen molar-refractivity contribution in [2.45, 2.75) is 19.1 Å². The minimum Gasteiger partial charge on any atom is -0.347 e.